The standard InChI is InChI=1S/C9H7ClN2O5/c1-15-7-5(10)3-2-4-6(7)12-11-16-8(13)9(14)17-12/h2-4,11H,1H3. The molecule has 0 aliphatic carbocycles. The van der Waals surface area contributed by atoms with E-state index in [4.69, 9.17) is 16.3 Å². The maximum absolute atomic E-state index is 11.0. The van der Waals surface area contributed by atoms with Crippen molar-refractivity contribution in [2.75, 3.05) is 12.3 Å². The number of halogens is 1. The average molecular weight is 259 g/mol. The van der Waals surface area contributed by atoms with Crippen LogP contribution < -0.4 is 15.5 Å². The Hall–Kier alpha value is -1.99. The Kier molecular flexibility index (Phi) is 3.03. The van der Waals surface area contributed by atoms with Crippen molar-refractivity contribution in [3.8, 4) is 5.75 Å². The van der Waals surface area contributed by atoms with Gasteiger partial charge in [0, 0.05) is 0 Å². The van der Waals surface area contributed by atoms with Crippen LogP contribution in [0.25, 0.3) is 0 Å². The van der Waals surface area contributed by atoms with Gasteiger partial charge in [0.05, 0.1) is 12.1 Å². The third kappa shape index (κ3) is 2.10. The van der Waals surface area contributed by atoms with Crippen LogP contribution in [0.5, 0.6) is 5.75 Å². The van der Waals surface area contributed by atoms with Gasteiger partial charge in [-0.15, -0.1) is 0 Å². The second-order valence-corrected chi connectivity index (χ2v) is 3.35. The Morgan fingerprint density at radius 1 is 1.35 bits per heavy atom. The van der Waals surface area contributed by atoms with Crippen LogP contribution in [0.1, 0.15) is 0 Å². The zero-order valence-corrected chi connectivity index (χ0v) is 9.35. The number of carbonyl (C=O) groups is 2. The highest BCUT2D eigenvalue weighted by molar-refractivity contribution is 6.32. The van der Waals surface area contributed by atoms with Gasteiger partial charge in [0.15, 0.2) is 5.75 Å². The van der Waals surface area contributed by atoms with Gasteiger partial charge in [0.1, 0.15) is 5.69 Å². The van der Waals surface area contributed by atoms with E-state index >= 15 is 0 Å². The maximum atomic E-state index is 11.0. The first-order valence-corrected chi connectivity index (χ1v) is 4.82. The van der Waals surface area contributed by atoms with Gasteiger partial charge in [-0.1, -0.05) is 22.8 Å². The summed E-state index contributed by atoms with van der Waals surface area (Å²) in [6.07, 6.45) is 0. The number of benzene rings is 1. The number of para-hydroxylation sites is 1. The molecule has 0 unspecified atom stereocenters. The van der Waals surface area contributed by atoms with Gasteiger partial charge in [-0.05, 0) is 17.7 Å². The summed E-state index contributed by atoms with van der Waals surface area (Å²) < 4.78 is 5.05. The Balaban J connectivity index is 2.31. The molecule has 0 bridgehead atoms. The minimum Gasteiger partial charge on any atom is -0.493 e. The molecule has 1 heterocycles. The molecule has 2 rings (SSSR count). The molecule has 1 aliphatic rings. The number of hydrogen-bond acceptors (Lipinski definition) is 7. The fraction of sp³-hybridized carbons (Fsp3) is 0.111. The normalized spacial score (nSPS) is 15.3. The molecular formula is C9H7ClN2O5. The molecule has 1 fully saturated rings. The third-order valence-corrected chi connectivity index (χ3v) is 2.23. The van der Waals surface area contributed by atoms with Crippen LogP contribution in [0.4, 0.5) is 5.69 Å². The molecule has 1 aromatic carbocycles. The first kappa shape index (κ1) is 11.5. The molecule has 1 saturated heterocycles. The lowest BCUT2D eigenvalue weighted by Gasteiger charge is -2.26. The van der Waals surface area contributed by atoms with Crippen molar-refractivity contribution < 1.29 is 24.0 Å². The number of ether oxygens (including phenoxy) is 1. The van der Waals surface area contributed by atoms with E-state index in [0.717, 1.165) is 5.17 Å². The van der Waals surface area contributed by atoms with Crippen LogP contribution in [0.2, 0.25) is 5.02 Å². The largest absolute Gasteiger partial charge is 0.493 e. The molecule has 7 nitrogen and oxygen atoms in total. The van der Waals surface area contributed by atoms with Crippen molar-refractivity contribution in [1.82, 2.24) is 5.59 Å². The molecule has 0 aromatic heterocycles. The number of hydrazine groups is 1. The highest BCUT2D eigenvalue weighted by Gasteiger charge is 2.31. The SMILES string of the molecule is COc1c(Cl)cccc1N1NOC(=O)C(=O)O1. The number of hydrogen-bond donors (Lipinski definition) is 1. The molecule has 1 N–H and O–H groups in total. The smallest absolute Gasteiger partial charge is 0.444 e. The number of methoxy groups -OCH3 is 1. The van der Waals surface area contributed by atoms with E-state index in [9.17, 15) is 9.59 Å². The van der Waals surface area contributed by atoms with E-state index in [1.54, 1.807) is 18.2 Å². The molecule has 0 saturated carbocycles. The minimum atomic E-state index is -1.15. The monoisotopic (exact) mass is 258 g/mol. The molecule has 8 heteroatoms. The van der Waals surface area contributed by atoms with Crippen molar-refractivity contribution >= 4 is 29.2 Å². The lowest BCUT2D eigenvalue weighted by molar-refractivity contribution is -0.192. The summed E-state index contributed by atoms with van der Waals surface area (Å²) in [6.45, 7) is 0. The second-order valence-electron chi connectivity index (χ2n) is 2.95. The summed E-state index contributed by atoms with van der Waals surface area (Å²) in [5.74, 6) is -2.01. The van der Waals surface area contributed by atoms with Crippen LogP contribution in [0.3, 0.4) is 0 Å². The van der Waals surface area contributed by atoms with Crippen molar-refractivity contribution in [1.29, 1.82) is 0 Å². The summed E-state index contributed by atoms with van der Waals surface area (Å²) in [6, 6.07) is 4.78. The van der Waals surface area contributed by atoms with Crippen molar-refractivity contribution in [2.45, 2.75) is 0 Å². The van der Waals surface area contributed by atoms with Crippen LogP contribution in [0.15, 0.2) is 18.2 Å². The van der Waals surface area contributed by atoms with Crippen LogP contribution in [0, 0.1) is 0 Å². The van der Waals surface area contributed by atoms with Crippen molar-refractivity contribution in [3.05, 3.63) is 23.2 Å². The predicted molar refractivity (Wildman–Crippen MR) is 55.8 cm³/mol. The Bertz CT molecular complexity index is 478. The molecule has 17 heavy (non-hydrogen) atoms. The van der Waals surface area contributed by atoms with Crippen LogP contribution in [-0.2, 0) is 19.3 Å². The second kappa shape index (κ2) is 4.48. The van der Waals surface area contributed by atoms with Gasteiger partial charge in [0.25, 0.3) is 0 Å². The fourth-order valence-electron chi connectivity index (χ4n) is 1.22. The van der Waals surface area contributed by atoms with Gasteiger partial charge >= 0.3 is 11.9 Å². The summed E-state index contributed by atoms with van der Waals surface area (Å²) in [4.78, 5) is 30.8. The zero-order chi connectivity index (χ0) is 12.4. The molecule has 0 atom stereocenters. The van der Waals surface area contributed by atoms with E-state index < -0.39 is 11.9 Å². The Labute approximate surface area is 101 Å². The number of nitrogens with one attached hydrogen (secondary N) is 1. The van der Waals surface area contributed by atoms with Gasteiger partial charge in [-0.25, -0.2) is 9.59 Å². The minimum absolute atomic E-state index is 0.271. The number of carbonyl (C=O) groups excluding carboxylic acids is 2. The van der Waals surface area contributed by atoms with E-state index in [0.29, 0.717) is 10.7 Å². The third-order valence-electron chi connectivity index (χ3n) is 1.93. The molecular weight excluding hydrogens is 252 g/mol. The molecule has 0 amide bonds. The Morgan fingerprint density at radius 2 is 2.12 bits per heavy atom. The zero-order valence-electron chi connectivity index (χ0n) is 8.60. The fourth-order valence-corrected chi connectivity index (χ4v) is 1.47. The topological polar surface area (TPSA) is 77.1 Å². The highest BCUT2D eigenvalue weighted by Crippen LogP contribution is 2.35. The van der Waals surface area contributed by atoms with Gasteiger partial charge in [0.2, 0.25) is 0 Å². The summed E-state index contributed by atoms with van der Waals surface area (Å²) >= 11 is 5.89. The maximum Gasteiger partial charge on any atom is 0.444 e. The quantitative estimate of drug-likeness (QED) is 0.778. The van der Waals surface area contributed by atoms with E-state index in [1.165, 1.54) is 7.11 Å². The van der Waals surface area contributed by atoms with Crippen LogP contribution >= 0.6 is 11.6 Å². The molecule has 1 aromatic rings. The molecule has 0 spiro atoms. The van der Waals surface area contributed by atoms with Gasteiger partial charge in [-0.2, -0.15) is 0 Å². The number of rotatable bonds is 2. The van der Waals surface area contributed by atoms with Gasteiger partial charge in [-0.3, -0.25) is 0 Å². The average Bonchev–Trinajstić information content (AvgIpc) is 2.32. The first-order valence-electron chi connectivity index (χ1n) is 4.45. The van der Waals surface area contributed by atoms with Crippen LogP contribution in [-0.4, -0.2) is 19.0 Å². The number of nitrogens with zero attached hydrogens (tertiary/aromatic N) is 1. The summed E-state index contributed by atoms with van der Waals surface area (Å²) in [5, 5.41) is 1.16. The van der Waals surface area contributed by atoms with E-state index in [1.807, 2.05) is 0 Å². The van der Waals surface area contributed by atoms with E-state index in [2.05, 4.69) is 15.3 Å². The summed E-state index contributed by atoms with van der Waals surface area (Å²) in [7, 11) is 1.41. The molecule has 0 radical (unpaired) electrons. The summed E-state index contributed by atoms with van der Waals surface area (Å²) in [5.41, 5.74) is 2.41. The molecule has 1 aliphatic heterocycles. The lowest BCUT2D eigenvalue weighted by Crippen LogP contribution is -2.49. The number of anilines is 1. The van der Waals surface area contributed by atoms with Crippen molar-refractivity contribution in [2.24, 2.45) is 0 Å². The lowest BCUT2D eigenvalue weighted by atomic mass is 10.3. The van der Waals surface area contributed by atoms with E-state index in [-0.39, 0.29) is 5.75 Å². The predicted octanol–water partition coefficient (Wildman–Crippen LogP) is 0.590. The van der Waals surface area contributed by atoms with Gasteiger partial charge < -0.3 is 14.4 Å². The Morgan fingerprint density at radius 3 is 2.76 bits per heavy atom. The first-order chi connectivity index (χ1) is 8.13. The van der Waals surface area contributed by atoms with Crippen molar-refractivity contribution in [3.63, 3.8) is 0 Å². The highest BCUT2D eigenvalue weighted by atomic mass is 35.5. The molecule has 90 valence electrons.